The molecular formula is C15H13N3O. The van der Waals surface area contributed by atoms with E-state index in [-0.39, 0.29) is 0 Å². The molecule has 0 aliphatic heterocycles. The molecule has 0 unspecified atom stereocenters. The first-order chi connectivity index (χ1) is 9.36. The molecule has 1 N–H and O–H groups in total. The van der Waals surface area contributed by atoms with Crippen LogP contribution in [-0.4, -0.2) is 22.3 Å². The van der Waals surface area contributed by atoms with Crippen LogP contribution in [0, 0.1) is 0 Å². The molecule has 0 fully saturated rings. The van der Waals surface area contributed by atoms with Crippen molar-refractivity contribution in [3.63, 3.8) is 0 Å². The van der Waals surface area contributed by atoms with Crippen molar-refractivity contribution in [3.8, 4) is 28.1 Å². The summed E-state index contributed by atoms with van der Waals surface area (Å²) in [6.45, 7) is 0. The van der Waals surface area contributed by atoms with Gasteiger partial charge in [0.1, 0.15) is 5.75 Å². The van der Waals surface area contributed by atoms with Gasteiger partial charge in [0.2, 0.25) is 0 Å². The molecule has 4 heteroatoms. The van der Waals surface area contributed by atoms with E-state index >= 15 is 0 Å². The summed E-state index contributed by atoms with van der Waals surface area (Å²) < 4.78 is 5.18. The Morgan fingerprint density at radius 2 is 1.74 bits per heavy atom. The van der Waals surface area contributed by atoms with Crippen molar-refractivity contribution in [1.82, 2.24) is 15.2 Å². The molecule has 0 aliphatic rings. The summed E-state index contributed by atoms with van der Waals surface area (Å²) in [4.78, 5) is 4.16. The first kappa shape index (κ1) is 11.5. The lowest BCUT2D eigenvalue weighted by Crippen LogP contribution is -1.86. The lowest BCUT2D eigenvalue weighted by Gasteiger charge is -2.05. The highest BCUT2D eigenvalue weighted by Gasteiger charge is 2.02. The number of ether oxygens (including phenoxy) is 1. The van der Waals surface area contributed by atoms with E-state index in [2.05, 4.69) is 39.4 Å². The van der Waals surface area contributed by atoms with E-state index < -0.39 is 0 Å². The van der Waals surface area contributed by atoms with Crippen LogP contribution in [0.15, 0.2) is 55.0 Å². The minimum absolute atomic E-state index is 0.759. The average molecular weight is 251 g/mol. The third-order valence-corrected chi connectivity index (χ3v) is 2.98. The zero-order valence-corrected chi connectivity index (χ0v) is 10.5. The molecule has 1 aromatic carbocycles. The molecule has 4 nitrogen and oxygen atoms in total. The summed E-state index contributed by atoms with van der Waals surface area (Å²) in [5.74, 6) is 0.759. The molecule has 0 spiro atoms. The summed E-state index contributed by atoms with van der Waals surface area (Å²) in [7, 11) is 1.64. The number of hydrogen-bond acceptors (Lipinski definition) is 3. The van der Waals surface area contributed by atoms with Crippen LogP contribution in [0.1, 0.15) is 0 Å². The molecule has 0 radical (unpaired) electrons. The molecule has 3 rings (SSSR count). The number of aromatic nitrogens is 3. The molecule has 2 aromatic heterocycles. The quantitative estimate of drug-likeness (QED) is 0.778. The van der Waals surface area contributed by atoms with Crippen molar-refractivity contribution in [2.75, 3.05) is 7.11 Å². The van der Waals surface area contributed by atoms with Crippen molar-refractivity contribution in [2.24, 2.45) is 0 Å². The molecule has 94 valence electrons. The fourth-order valence-corrected chi connectivity index (χ4v) is 1.95. The van der Waals surface area contributed by atoms with E-state index in [1.54, 1.807) is 19.5 Å². The van der Waals surface area contributed by atoms with Gasteiger partial charge in [-0.1, -0.05) is 24.3 Å². The highest BCUT2D eigenvalue weighted by atomic mass is 16.5. The van der Waals surface area contributed by atoms with Gasteiger partial charge in [0.15, 0.2) is 0 Å². The van der Waals surface area contributed by atoms with Gasteiger partial charge < -0.3 is 4.74 Å². The van der Waals surface area contributed by atoms with Gasteiger partial charge in [0.25, 0.3) is 0 Å². The van der Waals surface area contributed by atoms with Crippen molar-refractivity contribution in [2.45, 2.75) is 0 Å². The molecule has 0 bridgehead atoms. The summed E-state index contributed by atoms with van der Waals surface area (Å²) in [5.41, 5.74) is 4.26. The monoisotopic (exact) mass is 251 g/mol. The van der Waals surface area contributed by atoms with Crippen LogP contribution < -0.4 is 4.74 Å². The second kappa shape index (κ2) is 4.94. The zero-order chi connectivity index (χ0) is 13.1. The molecule has 0 amide bonds. The van der Waals surface area contributed by atoms with E-state index in [9.17, 15) is 0 Å². The topological polar surface area (TPSA) is 50.8 Å². The van der Waals surface area contributed by atoms with Crippen molar-refractivity contribution < 1.29 is 4.74 Å². The number of nitrogens with zero attached hydrogens (tertiary/aromatic N) is 2. The normalized spacial score (nSPS) is 10.4. The molecule has 0 saturated carbocycles. The number of rotatable bonds is 3. The highest BCUT2D eigenvalue weighted by Crippen LogP contribution is 2.25. The van der Waals surface area contributed by atoms with Gasteiger partial charge in [0.05, 0.1) is 19.0 Å². The largest absolute Gasteiger partial charge is 0.495 e. The maximum absolute atomic E-state index is 5.18. The first-order valence-corrected chi connectivity index (χ1v) is 5.96. The fraction of sp³-hybridized carbons (Fsp3) is 0.0667. The van der Waals surface area contributed by atoms with E-state index in [1.807, 2.05) is 18.3 Å². The van der Waals surface area contributed by atoms with Gasteiger partial charge in [-0.15, -0.1) is 0 Å². The number of H-pyrrole nitrogens is 1. The van der Waals surface area contributed by atoms with Gasteiger partial charge in [-0.25, -0.2) is 0 Å². The molecule has 0 atom stereocenters. The number of pyridine rings is 1. The van der Waals surface area contributed by atoms with Crippen LogP contribution in [0.2, 0.25) is 0 Å². The Labute approximate surface area is 111 Å². The summed E-state index contributed by atoms with van der Waals surface area (Å²) >= 11 is 0. The Hall–Kier alpha value is -2.62. The average Bonchev–Trinajstić information content (AvgIpc) is 3.02. The second-order valence-electron chi connectivity index (χ2n) is 4.16. The molecule has 3 aromatic rings. The van der Waals surface area contributed by atoms with E-state index in [0.717, 1.165) is 28.1 Å². The Morgan fingerprint density at radius 3 is 2.42 bits per heavy atom. The SMILES string of the molecule is COc1cncc(-c2ccc(-c3ccn[nH]3)cc2)c1. The summed E-state index contributed by atoms with van der Waals surface area (Å²) in [6.07, 6.45) is 5.27. The van der Waals surface area contributed by atoms with Crippen LogP contribution in [0.3, 0.4) is 0 Å². The fourth-order valence-electron chi connectivity index (χ4n) is 1.95. The predicted molar refractivity (Wildman–Crippen MR) is 73.8 cm³/mol. The molecule has 2 heterocycles. The Balaban J connectivity index is 1.94. The third-order valence-electron chi connectivity index (χ3n) is 2.98. The first-order valence-electron chi connectivity index (χ1n) is 5.96. The lowest BCUT2D eigenvalue weighted by atomic mass is 10.0. The van der Waals surface area contributed by atoms with Gasteiger partial charge in [-0.3, -0.25) is 10.1 Å². The van der Waals surface area contributed by atoms with Gasteiger partial charge in [0, 0.05) is 18.0 Å². The maximum Gasteiger partial charge on any atom is 0.137 e. The van der Waals surface area contributed by atoms with E-state index in [1.165, 1.54) is 0 Å². The lowest BCUT2D eigenvalue weighted by molar-refractivity contribution is 0.413. The maximum atomic E-state index is 5.18. The van der Waals surface area contributed by atoms with Crippen molar-refractivity contribution in [3.05, 3.63) is 55.0 Å². The smallest absolute Gasteiger partial charge is 0.137 e. The number of hydrogen-bond donors (Lipinski definition) is 1. The van der Waals surface area contributed by atoms with Crippen LogP contribution in [0.4, 0.5) is 0 Å². The third kappa shape index (κ3) is 2.33. The number of benzene rings is 1. The Bertz CT molecular complexity index is 660. The van der Waals surface area contributed by atoms with Crippen LogP contribution in [0.5, 0.6) is 5.75 Å². The van der Waals surface area contributed by atoms with E-state index in [0.29, 0.717) is 0 Å². The van der Waals surface area contributed by atoms with Crippen LogP contribution >= 0.6 is 0 Å². The molecule has 0 aliphatic carbocycles. The van der Waals surface area contributed by atoms with Crippen LogP contribution in [-0.2, 0) is 0 Å². The summed E-state index contributed by atoms with van der Waals surface area (Å²) in [5, 5.41) is 6.90. The predicted octanol–water partition coefficient (Wildman–Crippen LogP) is 3.15. The van der Waals surface area contributed by atoms with Crippen molar-refractivity contribution >= 4 is 0 Å². The number of nitrogens with one attached hydrogen (secondary N) is 1. The highest BCUT2D eigenvalue weighted by molar-refractivity contribution is 5.68. The van der Waals surface area contributed by atoms with Gasteiger partial charge >= 0.3 is 0 Å². The molecule has 0 saturated heterocycles. The van der Waals surface area contributed by atoms with E-state index in [4.69, 9.17) is 4.74 Å². The second-order valence-corrected chi connectivity index (χ2v) is 4.16. The standard InChI is InChI=1S/C15H13N3O/c1-19-14-8-13(9-16-10-14)11-2-4-12(5-3-11)15-6-7-17-18-15/h2-10H,1H3,(H,17,18). The Morgan fingerprint density at radius 1 is 0.947 bits per heavy atom. The number of aromatic amines is 1. The minimum atomic E-state index is 0.759. The van der Waals surface area contributed by atoms with Crippen LogP contribution in [0.25, 0.3) is 22.4 Å². The van der Waals surface area contributed by atoms with Gasteiger partial charge in [-0.2, -0.15) is 5.10 Å². The van der Waals surface area contributed by atoms with Crippen molar-refractivity contribution in [1.29, 1.82) is 0 Å². The molecular weight excluding hydrogens is 238 g/mol. The number of methoxy groups -OCH3 is 1. The Kier molecular flexibility index (Phi) is 2.98. The summed E-state index contributed by atoms with van der Waals surface area (Å²) in [6, 6.07) is 12.2. The van der Waals surface area contributed by atoms with Gasteiger partial charge in [-0.05, 0) is 23.3 Å². The minimum Gasteiger partial charge on any atom is -0.495 e. The molecule has 19 heavy (non-hydrogen) atoms. The zero-order valence-electron chi connectivity index (χ0n) is 10.5.